The first-order valence-corrected chi connectivity index (χ1v) is 11.6. The van der Waals surface area contributed by atoms with Gasteiger partial charge in [-0.05, 0) is 59.0 Å². The van der Waals surface area contributed by atoms with Crippen molar-refractivity contribution in [2.75, 3.05) is 14.1 Å². The van der Waals surface area contributed by atoms with Crippen LogP contribution in [0.4, 0.5) is 0 Å². The van der Waals surface area contributed by atoms with Crippen LogP contribution < -0.4 is 0 Å². The molecule has 6 heteroatoms. The fourth-order valence-electron chi connectivity index (χ4n) is 4.88. The fourth-order valence-corrected chi connectivity index (χ4v) is 7.54. The molecule has 0 amide bonds. The van der Waals surface area contributed by atoms with Crippen LogP contribution in [-0.4, -0.2) is 47.1 Å². The number of carbonyl (C=O) groups is 1. The Hall–Kier alpha value is -0.640. The van der Waals surface area contributed by atoms with Gasteiger partial charge >= 0.3 is 5.97 Å². The van der Waals surface area contributed by atoms with Crippen LogP contribution in [0.15, 0.2) is 11.9 Å². The van der Waals surface area contributed by atoms with Crippen molar-refractivity contribution in [2.24, 2.45) is 17.3 Å². The molecule has 0 spiro atoms. The van der Waals surface area contributed by atoms with E-state index in [1.54, 1.807) is 0 Å². The standard InChI is InChI=1S/C20H35N2O3P/c1-19(2,3)25-18(23)17-14(20(17,4)5)12-13-26(24)21(6)15-10-8-9-11-16(15)22(26)7/h12-17H,8-11H2,1-7H3/b13-12+/t14-,15+,16+,17+/m1/s1. The van der Waals surface area contributed by atoms with Gasteiger partial charge in [-0.3, -0.25) is 9.36 Å². The smallest absolute Gasteiger partial charge is 0.310 e. The summed E-state index contributed by atoms with van der Waals surface area (Å²) in [5, 5.41) is 0. The van der Waals surface area contributed by atoms with E-state index < -0.39 is 13.0 Å². The summed E-state index contributed by atoms with van der Waals surface area (Å²) in [4.78, 5) is 12.5. The second-order valence-corrected chi connectivity index (χ2v) is 12.6. The Balaban J connectivity index is 1.75. The van der Waals surface area contributed by atoms with Gasteiger partial charge in [0.15, 0.2) is 0 Å². The van der Waals surface area contributed by atoms with Crippen LogP contribution in [0.2, 0.25) is 0 Å². The molecule has 0 bridgehead atoms. The monoisotopic (exact) mass is 382 g/mol. The number of hydrogen-bond acceptors (Lipinski definition) is 3. The molecule has 1 heterocycles. The van der Waals surface area contributed by atoms with Crippen molar-refractivity contribution in [3.8, 4) is 0 Å². The summed E-state index contributed by atoms with van der Waals surface area (Å²) in [6.07, 6.45) is 6.72. The van der Waals surface area contributed by atoms with E-state index in [1.165, 1.54) is 12.8 Å². The Labute approximate surface area is 158 Å². The molecule has 3 aliphatic rings. The van der Waals surface area contributed by atoms with Gasteiger partial charge in [-0.1, -0.05) is 32.8 Å². The molecule has 3 fully saturated rings. The predicted molar refractivity (Wildman–Crippen MR) is 105 cm³/mol. The van der Waals surface area contributed by atoms with Crippen molar-refractivity contribution in [1.82, 2.24) is 9.34 Å². The van der Waals surface area contributed by atoms with Crippen LogP contribution in [0.3, 0.4) is 0 Å². The van der Waals surface area contributed by atoms with Crippen LogP contribution in [0.1, 0.15) is 60.3 Å². The van der Waals surface area contributed by atoms with Gasteiger partial charge in [-0.2, -0.15) is 0 Å². The summed E-state index contributed by atoms with van der Waals surface area (Å²) < 4.78 is 23.5. The number of fused-ring (bicyclic) bond motifs is 1. The molecule has 148 valence electrons. The van der Waals surface area contributed by atoms with E-state index in [9.17, 15) is 9.36 Å². The van der Waals surface area contributed by atoms with Crippen molar-refractivity contribution in [1.29, 1.82) is 0 Å². The van der Waals surface area contributed by atoms with Gasteiger partial charge in [-0.25, -0.2) is 9.34 Å². The average Bonchev–Trinajstić information content (AvgIpc) is 3.04. The van der Waals surface area contributed by atoms with Gasteiger partial charge in [0, 0.05) is 17.9 Å². The van der Waals surface area contributed by atoms with Gasteiger partial charge in [0.25, 0.3) is 0 Å². The van der Waals surface area contributed by atoms with Gasteiger partial charge in [0.1, 0.15) is 5.60 Å². The Morgan fingerprint density at radius 1 is 1.12 bits per heavy atom. The lowest BCUT2D eigenvalue weighted by molar-refractivity contribution is -0.157. The number of allylic oxidation sites excluding steroid dienone is 1. The van der Waals surface area contributed by atoms with E-state index >= 15 is 0 Å². The Morgan fingerprint density at radius 3 is 2.08 bits per heavy atom. The van der Waals surface area contributed by atoms with E-state index in [2.05, 4.69) is 23.2 Å². The SMILES string of the molecule is CN1[C@H]2CCCC[C@@H]2N(C)P1(=O)/C=C/[C@@H]1[C@@H](C(=O)OC(C)(C)C)C1(C)C. The summed E-state index contributed by atoms with van der Waals surface area (Å²) in [6, 6.07) is 0.774. The van der Waals surface area contributed by atoms with E-state index in [0.717, 1.165) is 12.8 Å². The number of carbonyl (C=O) groups excluding carboxylic acids is 1. The Morgan fingerprint density at radius 2 is 1.62 bits per heavy atom. The molecular formula is C20H35N2O3P. The number of ether oxygens (including phenoxy) is 1. The molecule has 2 aliphatic carbocycles. The Kier molecular flexibility index (Phi) is 5.00. The van der Waals surface area contributed by atoms with Gasteiger partial charge in [0.05, 0.1) is 5.92 Å². The molecule has 1 saturated heterocycles. The van der Waals surface area contributed by atoms with E-state index in [-0.39, 0.29) is 23.2 Å². The second-order valence-electron chi connectivity index (χ2n) is 9.86. The first-order valence-electron chi connectivity index (χ1n) is 9.88. The zero-order valence-electron chi connectivity index (χ0n) is 17.4. The molecule has 0 aromatic carbocycles. The molecular weight excluding hydrogens is 347 g/mol. The molecule has 26 heavy (non-hydrogen) atoms. The molecule has 0 radical (unpaired) electrons. The minimum Gasteiger partial charge on any atom is -0.460 e. The quantitative estimate of drug-likeness (QED) is 0.531. The van der Waals surface area contributed by atoms with Gasteiger partial charge in [-0.15, -0.1) is 0 Å². The maximum absolute atomic E-state index is 13.7. The summed E-state index contributed by atoms with van der Waals surface area (Å²) in [7, 11) is 1.31. The first kappa shape index (κ1) is 20.1. The van der Waals surface area contributed by atoms with Crippen molar-refractivity contribution in [3.05, 3.63) is 11.9 Å². The largest absolute Gasteiger partial charge is 0.460 e. The zero-order valence-corrected chi connectivity index (χ0v) is 18.3. The average molecular weight is 382 g/mol. The second kappa shape index (κ2) is 6.46. The van der Waals surface area contributed by atoms with Crippen molar-refractivity contribution >= 4 is 13.4 Å². The third-order valence-electron chi connectivity index (χ3n) is 6.62. The van der Waals surface area contributed by atoms with Crippen LogP contribution >= 0.6 is 7.44 Å². The van der Waals surface area contributed by atoms with Crippen molar-refractivity contribution in [2.45, 2.75) is 78.0 Å². The minimum atomic E-state index is -2.69. The number of hydrogen-bond donors (Lipinski definition) is 0. The van der Waals surface area contributed by atoms with Crippen LogP contribution in [0.25, 0.3) is 0 Å². The fraction of sp³-hybridized carbons (Fsp3) is 0.850. The lowest BCUT2D eigenvalue weighted by atomic mass is 9.91. The molecule has 0 aromatic rings. The summed E-state index contributed by atoms with van der Waals surface area (Å²) >= 11 is 0. The van der Waals surface area contributed by atoms with Crippen molar-refractivity contribution in [3.63, 3.8) is 0 Å². The number of nitrogens with zero attached hydrogens (tertiary/aromatic N) is 2. The lowest BCUT2D eigenvalue weighted by Gasteiger charge is -2.28. The van der Waals surface area contributed by atoms with Crippen LogP contribution in [-0.2, 0) is 14.1 Å². The Bertz CT molecular complexity index is 630. The van der Waals surface area contributed by atoms with Gasteiger partial charge < -0.3 is 4.74 Å². The zero-order chi connectivity index (χ0) is 19.5. The van der Waals surface area contributed by atoms with Crippen LogP contribution in [0.5, 0.6) is 0 Å². The summed E-state index contributed by atoms with van der Waals surface area (Å²) in [5.41, 5.74) is -0.611. The topological polar surface area (TPSA) is 49.9 Å². The highest BCUT2D eigenvalue weighted by Crippen LogP contribution is 2.65. The number of likely N-dealkylation sites (N-methyl/N-ethyl adjacent to an activating group) is 2. The third kappa shape index (κ3) is 3.31. The molecule has 0 N–H and O–H groups in total. The highest BCUT2D eigenvalue weighted by molar-refractivity contribution is 7.62. The molecule has 4 atom stereocenters. The van der Waals surface area contributed by atoms with E-state index in [0.29, 0.717) is 12.1 Å². The van der Waals surface area contributed by atoms with Crippen molar-refractivity contribution < 1.29 is 14.1 Å². The maximum Gasteiger partial charge on any atom is 0.310 e. The minimum absolute atomic E-state index is 0.0904. The molecule has 3 rings (SSSR count). The molecule has 0 aromatic heterocycles. The van der Waals surface area contributed by atoms with E-state index in [1.807, 2.05) is 46.8 Å². The van der Waals surface area contributed by atoms with Gasteiger partial charge in [0.2, 0.25) is 7.44 Å². The normalized spacial score (nSPS) is 36.9. The number of rotatable bonds is 3. The maximum atomic E-state index is 13.7. The molecule has 5 nitrogen and oxygen atoms in total. The number of esters is 1. The molecule has 1 aliphatic heterocycles. The highest BCUT2D eigenvalue weighted by atomic mass is 31.2. The predicted octanol–water partition coefficient (Wildman–Crippen LogP) is 4.50. The van der Waals surface area contributed by atoms with Crippen LogP contribution in [0, 0.1) is 17.3 Å². The summed E-state index contributed by atoms with van der Waals surface area (Å²) in [5.74, 6) is 1.71. The highest BCUT2D eigenvalue weighted by Gasteiger charge is 2.62. The molecule has 0 unspecified atom stereocenters. The molecule has 2 saturated carbocycles. The first-order chi connectivity index (χ1) is 11.9. The summed E-state index contributed by atoms with van der Waals surface area (Å²) in [6.45, 7) is 9.87. The lowest BCUT2D eigenvalue weighted by Crippen LogP contribution is -2.37. The third-order valence-corrected chi connectivity index (χ3v) is 9.58. The van der Waals surface area contributed by atoms with E-state index in [4.69, 9.17) is 4.74 Å².